The molecule has 0 aliphatic rings. The third-order valence-electron chi connectivity index (χ3n) is 3.44. The third-order valence-corrected chi connectivity index (χ3v) is 3.44. The molecule has 0 saturated carbocycles. The Labute approximate surface area is 153 Å². The summed E-state index contributed by atoms with van der Waals surface area (Å²) in [4.78, 5) is 22.1. The number of methoxy groups -OCH3 is 1. The number of halogens is 2. The lowest BCUT2D eigenvalue weighted by Crippen LogP contribution is -2.29. The molecule has 0 radical (unpaired) electrons. The van der Waals surface area contributed by atoms with E-state index < -0.39 is 11.5 Å². The molecule has 0 unspecified atom stereocenters. The Morgan fingerprint density at radius 3 is 2.67 bits per heavy atom. The van der Waals surface area contributed by atoms with Gasteiger partial charge in [-0.05, 0) is 23.8 Å². The van der Waals surface area contributed by atoms with Gasteiger partial charge in [0.25, 0.3) is 5.69 Å². The summed E-state index contributed by atoms with van der Waals surface area (Å²) in [6.45, 7) is -2.92. The molecule has 2 aromatic rings. The average molecular weight is 381 g/mol. The molecule has 0 saturated heterocycles. The van der Waals surface area contributed by atoms with Crippen LogP contribution in [-0.4, -0.2) is 31.1 Å². The second-order valence-electron chi connectivity index (χ2n) is 5.30. The molecule has 0 atom stereocenters. The van der Waals surface area contributed by atoms with Crippen LogP contribution in [0.4, 0.5) is 20.2 Å². The van der Waals surface area contributed by atoms with Gasteiger partial charge in [-0.25, -0.2) is 0 Å². The number of carbonyl (C=O) groups excluding carboxylic acids is 1. The zero-order valence-electron chi connectivity index (χ0n) is 14.3. The van der Waals surface area contributed by atoms with Gasteiger partial charge in [0, 0.05) is 24.4 Å². The van der Waals surface area contributed by atoms with Crippen molar-refractivity contribution < 1.29 is 28.0 Å². The largest absolute Gasteiger partial charge is 0.493 e. The first-order valence-corrected chi connectivity index (χ1v) is 7.76. The van der Waals surface area contributed by atoms with E-state index in [0.29, 0.717) is 11.3 Å². The molecule has 2 aromatic carbocycles. The van der Waals surface area contributed by atoms with E-state index in [1.807, 2.05) is 0 Å². The van der Waals surface area contributed by atoms with E-state index in [4.69, 9.17) is 4.74 Å². The Kier molecular flexibility index (Phi) is 6.86. The molecule has 8 nitrogen and oxygen atoms in total. The average Bonchev–Trinajstić information content (AvgIpc) is 2.65. The molecule has 0 fully saturated rings. The van der Waals surface area contributed by atoms with Crippen molar-refractivity contribution in [2.45, 2.75) is 13.2 Å². The number of nitrogens with one attached hydrogen (secondary N) is 2. The van der Waals surface area contributed by atoms with Crippen molar-refractivity contribution in [2.24, 2.45) is 0 Å². The number of non-ortho nitro benzene ring substituents is 1. The van der Waals surface area contributed by atoms with Crippen LogP contribution in [0.5, 0.6) is 11.5 Å². The first-order valence-electron chi connectivity index (χ1n) is 7.76. The summed E-state index contributed by atoms with van der Waals surface area (Å²) >= 11 is 0. The number of hydrogen-bond donors (Lipinski definition) is 2. The van der Waals surface area contributed by atoms with Gasteiger partial charge in [0.15, 0.2) is 11.5 Å². The smallest absolute Gasteiger partial charge is 0.387 e. The lowest BCUT2D eigenvalue weighted by atomic mass is 10.2. The van der Waals surface area contributed by atoms with Gasteiger partial charge >= 0.3 is 6.61 Å². The van der Waals surface area contributed by atoms with Crippen LogP contribution < -0.4 is 20.1 Å². The van der Waals surface area contributed by atoms with E-state index in [2.05, 4.69) is 15.4 Å². The number of benzene rings is 2. The molecular weight excluding hydrogens is 364 g/mol. The second-order valence-corrected chi connectivity index (χ2v) is 5.30. The maximum atomic E-state index is 12.3. The molecule has 0 aliphatic heterocycles. The molecule has 0 spiro atoms. The highest BCUT2D eigenvalue weighted by Gasteiger charge is 2.12. The summed E-state index contributed by atoms with van der Waals surface area (Å²) in [5.74, 6) is -0.333. The van der Waals surface area contributed by atoms with Gasteiger partial charge in [-0.2, -0.15) is 8.78 Å². The summed E-state index contributed by atoms with van der Waals surface area (Å²) < 4.78 is 33.9. The maximum absolute atomic E-state index is 12.3. The lowest BCUT2D eigenvalue weighted by molar-refractivity contribution is -0.384. The topological polar surface area (TPSA) is 103 Å². The molecule has 144 valence electrons. The van der Waals surface area contributed by atoms with E-state index in [9.17, 15) is 23.7 Å². The maximum Gasteiger partial charge on any atom is 0.387 e. The Hall–Kier alpha value is -3.43. The van der Waals surface area contributed by atoms with Crippen molar-refractivity contribution in [1.29, 1.82) is 0 Å². The predicted molar refractivity (Wildman–Crippen MR) is 93.1 cm³/mol. The third kappa shape index (κ3) is 6.10. The molecule has 0 aromatic heterocycles. The van der Waals surface area contributed by atoms with Crippen molar-refractivity contribution in [3.63, 3.8) is 0 Å². The van der Waals surface area contributed by atoms with Crippen LogP contribution in [0.1, 0.15) is 5.56 Å². The molecule has 10 heteroatoms. The molecule has 0 heterocycles. The van der Waals surface area contributed by atoms with Gasteiger partial charge in [-0.1, -0.05) is 12.1 Å². The van der Waals surface area contributed by atoms with Crippen LogP contribution in [0.3, 0.4) is 0 Å². The highest BCUT2D eigenvalue weighted by molar-refractivity contribution is 5.80. The highest BCUT2D eigenvalue weighted by Crippen LogP contribution is 2.29. The number of amides is 1. The van der Waals surface area contributed by atoms with E-state index in [-0.39, 0.29) is 36.2 Å². The quantitative estimate of drug-likeness (QED) is 0.511. The van der Waals surface area contributed by atoms with Crippen molar-refractivity contribution in [3.05, 3.63) is 58.1 Å². The van der Waals surface area contributed by atoms with Crippen molar-refractivity contribution in [1.82, 2.24) is 5.32 Å². The van der Waals surface area contributed by atoms with Crippen LogP contribution in [0.15, 0.2) is 42.5 Å². The fraction of sp³-hybridized carbons (Fsp3) is 0.235. The highest BCUT2D eigenvalue weighted by atomic mass is 19.3. The summed E-state index contributed by atoms with van der Waals surface area (Å²) in [6, 6.07) is 10.1. The fourth-order valence-electron chi connectivity index (χ4n) is 2.19. The number of anilines is 1. The zero-order chi connectivity index (χ0) is 19.8. The van der Waals surface area contributed by atoms with E-state index >= 15 is 0 Å². The fourth-order valence-corrected chi connectivity index (χ4v) is 2.19. The SMILES string of the molecule is COc1cc(CNC(=O)CNc2cccc([N+](=O)[O-])c2)ccc1OC(F)F. The van der Waals surface area contributed by atoms with Crippen LogP contribution in [0.25, 0.3) is 0 Å². The Morgan fingerprint density at radius 1 is 1.22 bits per heavy atom. The van der Waals surface area contributed by atoms with E-state index in [0.717, 1.165) is 0 Å². The van der Waals surface area contributed by atoms with Gasteiger partial charge in [0.1, 0.15) is 0 Å². The summed E-state index contributed by atoms with van der Waals surface area (Å²) in [5, 5.41) is 16.1. The van der Waals surface area contributed by atoms with E-state index in [1.54, 1.807) is 6.07 Å². The first kappa shape index (κ1) is 19.9. The minimum absolute atomic E-state index is 0.0846. The summed E-state index contributed by atoms with van der Waals surface area (Å²) in [5.41, 5.74) is 0.977. The number of rotatable bonds is 9. The molecule has 27 heavy (non-hydrogen) atoms. The monoisotopic (exact) mass is 381 g/mol. The number of nitro groups is 1. The van der Waals surface area contributed by atoms with Crippen LogP contribution >= 0.6 is 0 Å². The molecule has 1 amide bonds. The number of nitro benzene ring substituents is 1. The van der Waals surface area contributed by atoms with Crippen molar-refractivity contribution in [3.8, 4) is 11.5 Å². The standard InChI is InChI=1S/C17H17F2N3O5/c1-26-15-7-11(5-6-14(15)27-17(18)19)9-21-16(23)10-20-12-3-2-4-13(8-12)22(24)25/h2-8,17,20H,9-10H2,1H3,(H,21,23). The van der Waals surface area contributed by atoms with Crippen LogP contribution in [-0.2, 0) is 11.3 Å². The van der Waals surface area contributed by atoms with Gasteiger partial charge < -0.3 is 20.1 Å². The Morgan fingerprint density at radius 2 is 2.00 bits per heavy atom. The zero-order valence-corrected chi connectivity index (χ0v) is 14.3. The Balaban J connectivity index is 1.88. The number of alkyl halides is 2. The number of ether oxygens (including phenoxy) is 2. The molecular formula is C17H17F2N3O5. The van der Waals surface area contributed by atoms with Gasteiger partial charge in [0.2, 0.25) is 5.91 Å². The van der Waals surface area contributed by atoms with Crippen molar-refractivity contribution in [2.75, 3.05) is 19.0 Å². The lowest BCUT2D eigenvalue weighted by Gasteiger charge is -2.12. The van der Waals surface area contributed by atoms with Gasteiger partial charge in [0.05, 0.1) is 18.6 Å². The van der Waals surface area contributed by atoms with Crippen LogP contribution in [0, 0.1) is 10.1 Å². The molecule has 0 bridgehead atoms. The minimum atomic E-state index is -2.97. The first-order chi connectivity index (χ1) is 12.9. The van der Waals surface area contributed by atoms with Gasteiger partial charge in [-0.3, -0.25) is 14.9 Å². The second kappa shape index (κ2) is 9.32. The van der Waals surface area contributed by atoms with Crippen molar-refractivity contribution >= 4 is 17.3 Å². The number of nitrogens with zero attached hydrogens (tertiary/aromatic N) is 1. The molecule has 2 rings (SSSR count). The molecule has 0 aliphatic carbocycles. The predicted octanol–water partition coefficient (Wildman–Crippen LogP) is 2.93. The summed E-state index contributed by atoms with van der Waals surface area (Å²) in [6.07, 6.45) is 0. The molecule has 2 N–H and O–H groups in total. The minimum Gasteiger partial charge on any atom is -0.493 e. The van der Waals surface area contributed by atoms with E-state index in [1.165, 1.54) is 43.5 Å². The van der Waals surface area contributed by atoms with Gasteiger partial charge in [-0.15, -0.1) is 0 Å². The number of carbonyl (C=O) groups is 1. The number of hydrogen-bond acceptors (Lipinski definition) is 6. The summed E-state index contributed by atoms with van der Waals surface area (Å²) in [7, 11) is 1.32. The normalized spacial score (nSPS) is 10.4. The Bertz CT molecular complexity index is 817. The van der Waals surface area contributed by atoms with Crippen LogP contribution in [0.2, 0.25) is 0 Å².